The Hall–Kier alpha value is -3.23. The fourth-order valence-electron chi connectivity index (χ4n) is 3.63. The van der Waals surface area contributed by atoms with Crippen molar-refractivity contribution in [2.75, 3.05) is 26.3 Å². The van der Waals surface area contributed by atoms with E-state index in [1.165, 1.54) is 12.1 Å². The van der Waals surface area contributed by atoms with Crippen molar-refractivity contribution in [3.8, 4) is 17.3 Å². The highest BCUT2D eigenvalue weighted by molar-refractivity contribution is 5.75. The van der Waals surface area contributed by atoms with Crippen LogP contribution < -0.4 is 10.2 Å². The summed E-state index contributed by atoms with van der Waals surface area (Å²) in [6.07, 6.45) is 0.752. The number of amides is 1. The van der Waals surface area contributed by atoms with Crippen molar-refractivity contribution in [2.45, 2.75) is 26.7 Å². The topological polar surface area (TPSA) is 68.6 Å². The van der Waals surface area contributed by atoms with Gasteiger partial charge in [0.15, 0.2) is 0 Å². The molecule has 0 unspecified atom stereocenters. The average Bonchev–Trinajstić information content (AvgIpc) is 3.09. The van der Waals surface area contributed by atoms with Crippen LogP contribution >= 0.6 is 0 Å². The first-order valence-electron chi connectivity index (χ1n) is 10.7. The molecule has 0 atom stereocenters. The molecule has 0 bridgehead atoms. The van der Waals surface area contributed by atoms with E-state index in [1.807, 2.05) is 43.1 Å². The Labute approximate surface area is 186 Å². The molecule has 1 aromatic heterocycles. The third kappa shape index (κ3) is 5.33. The summed E-state index contributed by atoms with van der Waals surface area (Å²) in [5.74, 6) is 0.626. The Morgan fingerprint density at radius 1 is 1.16 bits per heavy atom. The number of hydrogen-bond acceptors (Lipinski definition) is 5. The zero-order valence-electron chi connectivity index (χ0n) is 18.3. The molecule has 1 aliphatic rings. The molecule has 3 aromatic rings. The fourth-order valence-corrected chi connectivity index (χ4v) is 3.63. The maximum atomic E-state index is 13.4. The number of aryl methyl sites for hydroxylation is 2. The number of morpholine rings is 1. The maximum Gasteiger partial charge on any atom is 0.234 e. The van der Waals surface area contributed by atoms with Gasteiger partial charge >= 0.3 is 0 Å². The minimum absolute atomic E-state index is 0.0673. The monoisotopic (exact) mass is 438 g/mol. The first kappa shape index (κ1) is 22.0. The molecule has 1 saturated heterocycles. The lowest BCUT2D eigenvalue weighted by molar-refractivity contribution is -0.127. The first-order chi connectivity index (χ1) is 15.5. The van der Waals surface area contributed by atoms with Gasteiger partial charge in [0.05, 0.1) is 24.6 Å². The highest BCUT2D eigenvalue weighted by Crippen LogP contribution is 2.31. The largest absolute Gasteiger partial charge is 0.439 e. The number of aromatic nitrogens is 2. The van der Waals surface area contributed by atoms with Gasteiger partial charge in [-0.25, -0.2) is 14.1 Å². The Balaban J connectivity index is 1.58. The van der Waals surface area contributed by atoms with Gasteiger partial charge in [0, 0.05) is 25.1 Å². The predicted octanol–water partition coefficient (Wildman–Crippen LogP) is 3.72. The van der Waals surface area contributed by atoms with E-state index < -0.39 is 0 Å². The summed E-state index contributed by atoms with van der Waals surface area (Å²) in [6.45, 7) is 6.48. The van der Waals surface area contributed by atoms with E-state index in [0.717, 1.165) is 22.5 Å². The molecule has 8 heteroatoms. The standard InChI is InChI=1S/C24H27FN4O3/c1-17-4-3-5-20(16-17)29-24(32-21-8-6-19(25)7-9-21)22(18(2)26-29)10-11-23(30)27-28-12-14-31-15-13-28/h3-9,16H,10-15H2,1-2H3,(H,27,30). The van der Waals surface area contributed by atoms with Crippen molar-refractivity contribution < 1.29 is 18.7 Å². The summed E-state index contributed by atoms with van der Waals surface area (Å²) < 4.78 is 26.6. The number of rotatable bonds is 7. The Morgan fingerprint density at radius 3 is 2.62 bits per heavy atom. The highest BCUT2D eigenvalue weighted by Gasteiger charge is 2.21. The van der Waals surface area contributed by atoms with Crippen molar-refractivity contribution in [3.05, 3.63) is 71.2 Å². The Bertz CT molecular complexity index is 1080. The zero-order valence-corrected chi connectivity index (χ0v) is 18.3. The van der Waals surface area contributed by atoms with Crippen molar-refractivity contribution >= 4 is 5.91 Å². The molecular weight excluding hydrogens is 411 g/mol. The van der Waals surface area contributed by atoms with Crippen LogP contribution in [0.1, 0.15) is 23.2 Å². The van der Waals surface area contributed by atoms with Crippen LogP contribution in [0, 0.1) is 19.7 Å². The van der Waals surface area contributed by atoms with Crippen molar-refractivity contribution in [1.29, 1.82) is 0 Å². The SMILES string of the molecule is Cc1cccc(-n2nc(C)c(CCC(=O)NN3CCOCC3)c2Oc2ccc(F)cc2)c1. The third-order valence-corrected chi connectivity index (χ3v) is 5.31. The molecule has 4 rings (SSSR count). The molecule has 1 fully saturated rings. The molecule has 0 spiro atoms. The molecule has 1 N–H and O–H groups in total. The summed E-state index contributed by atoms with van der Waals surface area (Å²) in [5.41, 5.74) is 6.50. The van der Waals surface area contributed by atoms with Crippen LogP contribution in [0.2, 0.25) is 0 Å². The zero-order chi connectivity index (χ0) is 22.5. The van der Waals surface area contributed by atoms with E-state index in [0.29, 0.717) is 44.4 Å². The van der Waals surface area contributed by atoms with Gasteiger partial charge in [-0.15, -0.1) is 0 Å². The molecule has 7 nitrogen and oxygen atoms in total. The third-order valence-electron chi connectivity index (χ3n) is 5.31. The van der Waals surface area contributed by atoms with E-state index in [4.69, 9.17) is 9.47 Å². The van der Waals surface area contributed by atoms with E-state index in [-0.39, 0.29) is 18.1 Å². The van der Waals surface area contributed by atoms with Crippen LogP contribution in [-0.2, 0) is 16.0 Å². The smallest absolute Gasteiger partial charge is 0.234 e. The van der Waals surface area contributed by atoms with Crippen LogP contribution in [0.3, 0.4) is 0 Å². The summed E-state index contributed by atoms with van der Waals surface area (Å²) in [4.78, 5) is 12.5. The molecule has 2 aromatic carbocycles. The number of carbonyl (C=O) groups excluding carboxylic acids is 1. The minimum atomic E-state index is -0.333. The Morgan fingerprint density at radius 2 is 1.91 bits per heavy atom. The number of benzene rings is 2. The van der Waals surface area contributed by atoms with Gasteiger partial charge in [-0.05, 0) is 62.2 Å². The summed E-state index contributed by atoms with van der Waals surface area (Å²) >= 11 is 0. The quantitative estimate of drug-likeness (QED) is 0.609. The maximum absolute atomic E-state index is 13.4. The summed E-state index contributed by atoms with van der Waals surface area (Å²) in [7, 11) is 0. The number of hydrazine groups is 1. The minimum Gasteiger partial charge on any atom is -0.439 e. The van der Waals surface area contributed by atoms with Gasteiger partial charge in [-0.3, -0.25) is 10.2 Å². The highest BCUT2D eigenvalue weighted by atomic mass is 19.1. The molecule has 32 heavy (non-hydrogen) atoms. The van der Waals surface area contributed by atoms with Crippen molar-refractivity contribution in [3.63, 3.8) is 0 Å². The molecular formula is C24H27FN4O3. The first-order valence-corrected chi connectivity index (χ1v) is 10.7. The van der Waals surface area contributed by atoms with Crippen LogP contribution in [0.4, 0.5) is 4.39 Å². The van der Waals surface area contributed by atoms with Gasteiger partial charge in [0.1, 0.15) is 11.6 Å². The molecule has 168 valence electrons. The van der Waals surface area contributed by atoms with Gasteiger partial charge in [0.2, 0.25) is 11.8 Å². The average molecular weight is 439 g/mol. The summed E-state index contributed by atoms with van der Waals surface area (Å²) in [5, 5.41) is 6.57. The number of hydrogen-bond donors (Lipinski definition) is 1. The molecule has 0 saturated carbocycles. The van der Waals surface area contributed by atoms with Gasteiger partial charge in [-0.1, -0.05) is 12.1 Å². The number of nitrogens with one attached hydrogen (secondary N) is 1. The van der Waals surface area contributed by atoms with Gasteiger partial charge in [-0.2, -0.15) is 5.10 Å². The van der Waals surface area contributed by atoms with E-state index in [2.05, 4.69) is 10.5 Å². The second kappa shape index (κ2) is 9.93. The Kier molecular flexibility index (Phi) is 6.82. The van der Waals surface area contributed by atoms with Gasteiger partial charge < -0.3 is 9.47 Å². The number of halogens is 1. The normalized spacial score (nSPS) is 14.3. The van der Waals surface area contributed by atoms with Gasteiger partial charge in [0.25, 0.3) is 0 Å². The van der Waals surface area contributed by atoms with E-state index in [1.54, 1.807) is 16.8 Å². The second-order valence-corrected chi connectivity index (χ2v) is 7.81. The predicted molar refractivity (Wildman–Crippen MR) is 118 cm³/mol. The van der Waals surface area contributed by atoms with E-state index >= 15 is 0 Å². The number of nitrogens with zero attached hydrogens (tertiary/aromatic N) is 3. The molecule has 0 radical (unpaired) electrons. The van der Waals surface area contributed by atoms with E-state index in [9.17, 15) is 9.18 Å². The summed E-state index contributed by atoms with van der Waals surface area (Å²) in [6, 6.07) is 13.8. The van der Waals surface area contributed by atoms with Crippen LogP contribution in [0.5, 0.6) is 11.6 Å². The van der Waals surface area contributed by atoms with Crippen LogP contribution in [-0.4, -0.2) is 47.0 Å². The lowest BCUT2D eigenvalue weighted by atomic mass is 10.1. The lowest BCUT2D eigenvalue weighted by Gasteiger charge is -2.26. The lowest BCUT2D eigenvalue weighted by Crippen LogP contribution is -2.48. The molecule has 0 aliphatic carbocycles. The number of carbonyl (C=O) groups is 1. The number of ether oxygens (including phenoxy) is 2. The molecule has 2 heterocycles. The molecule has 1 amide bonds. The second-order valence-electron chi connectivity index (χ2n) is 7.81. The van der Waals surface area contributed by atoms with Crippen molar-refractivity contribution in [2.24, 2.45) is 0 Å². The molecule has 1 aliphatic heterocycles. The van der Waals surface area contributed by atoms with Crippen LogP contribution in [0.15, 0.2) is 48.5 Å². The van der Waals surface area contributed by atoms with Crippen molar-refractivity contribution in [1.82, 2.24) is 20.2 Å². The fraction of sp³-hybridized carbons (Fsp3) is 0.333. The van der Waals surface area contributed by atoms with Crippen LogP contribution in [0.25, 0.3) is 5.69 Å².